The Morgan fingerprint density at radius 1 is 1.15 bits per heavy atom. The fourth-order valence-electron chi connectivity index (χ4n) is 0.929. The minimum Gasteiger partial charge on any atom is -0.376 e. The predicted octanol–water partition coefficient (Wildman–Crippen LogP) is 2.15. The van der Waals surface area contributed by atoms with Crippen molar-refractivity contribution in [1.82, 2.24) is 0 Å². The summed E-state index contributed by atoms with van der Waals surface area (Å²) in [5.41, 5.74) is 0. The molecule has 0 radical (unpaired) electrons. The van der Waals surface area contributed by atoms with Crippen molar-refractivity contribution in [2.45, 2.75) is 26.7 Å². The van der Waals surface area contributed by atoms with Gasteiger partial charge < -0.3 is 9.22 Å². The van der Waals surface area contributed by atoms with E-state index in [0.29, 0.717) is 0 Å². The third-order valence-corrected chi connectivity index (χ3v) is 2.36. The van der Waals surface area contributed by atoms with Crippen molar-refractivity contribution in [2.24, 2.45) is 5.92 Å². The highest BCUT2D eigenvalue weighted by atomic mass is 16.5. The molecule has 0 aliphatic heterocycles. The van der Waals surface area contributed by atoms with Crippen molar-refractivity contribution in [2.75, 3.05) is 40.9 Å². The monoisotopic (exact) mass is 188 g/mol. The largest absolute Gasteiger partial charge is 0.376 e. The highest BCUT2D eigenvalue weighted by molar-refractivity contribution is 4.47. The van der Waals surface area contributed by atoms with E-state index in [0.717, 1.165) is 30.2 Å². The number of rotatable bonds is 7. The molecule has 13 heavy (non-hydrogen) atoms. The van der Waals surface area contributed by atoms with Gasteiger partial charge in [-0.15, -0.1) is 0 Å². The second kappa shape index (κ2) is 6.39. The Morgan fingerprint density at radius 2 is 1.77 bits per heavy atom. The van der Waals surface area contributed by atoms with Gasteiger partial charge in [-0.3, -0.25) is 0 Å². The summed E-state index contributed by atoms with van der Waals surface area (Å²) in [5, 5.41) is 0. The predicted molar refractivity (Wildman–Crippen MR) is 57.8 cm³/mol. The summed E-state index contributed by atoms with van der Waals surface area (Å²) in [7, 11) is 6.58. The van der Waals surface area contributed by atoms with Gasteiger partial charge in [0, 0.05) is 6.61 Å². The molecule has 2 heteroatoms. The molecule has 0 bridgehead atoms. The molecule has 2 nitrogen and oxygen atoms in total. The maximum Gasteiger partial charge on any atom is 0.102 e. The van der Waals surface area contributed by atoms with Crippen LogP contribution in [0.2, 0.25) is 0 Å². The van der Waals surface area contributed by atoms with Crippen LogP contribution >= 0.6 is 0 Å². The molecule has 0 fully saturated rings. The molecule has 1 atom stereocenters. The standard InChI is InChI=1S/C11H26NO/c1-6-11(2)7-9-13-10-8-12(3,4)5/h11H,6-10H2,1-5H3/q+1. The van der Waals surface area contributed by atoms with E-state index < -0.39 is 0 Å². The lowest BCUT2D eigenvalue weighted by molar-refractivity contribution is -0.870. The lowest BCUT2D eigenvalue weighted by Gasteiger charge is -2.23. The van der Waals surface area contributed by atoms with Gasteiger partial charge in [0.05, 0.1) is 27.7 Å². The van der Waals surface area contributed by atoms with Crippen LogP contribution in [0.5, 0.6) is 0 Å². The lowest BCUT2D eigenvalue weighted by Crippen LogP contribution is -2.37. The van der Waals surface area contributed by atoms with E-state index in [1.807, 2.05) is 0 Å². The van der Waals surface area contributed by atoms with Gasteiger partial charge in [-0.2, -0.15) is 0 Å². The lowest BCUT2D eigenvalue weighted by atomic mass is 10.1. The second-order valence-electron chi connectivity index (χ2n) is 4.93. The first-order valence-corrected chi connectivity index (χ1v) is 5.34. The Morgan fingerprint density at radius 3 is 2.23 bits per heavy atom. The van der Waals surface area contributed by atoms with Gasteiger partial charge in [-0.25, -0.2) is 0 Å². The van der Waals surface area contributed by atoms with Gasteiger partial charge in [0.2, 0.25) is 0 Å². The first-order valence-electron chi connectivity index (χ1n) is 5.34. The molecule has 1 unspecified atom stereocenters. The molecule has 0 N–H and O–H groups in total. The van der Waals surface area contributed by atoms with Crippen LogP contribution in [0.4, 0.5) is 0 Å². The fraction of sp³-hybridized carbons (Fsp3) is 1.00. The molecule has 0 aromatic heterocycles. The maximum atomic E-state index is 5.57. The molecule has 0 aromatic rings. The minimum absolute atomic E-state index is 0.809. The molecule has 80 valence electrons. The summed E-state index contributed by atoms with van der Waals surface area (Å²) in [6.45, 7) is 7.43. The molecule has 0 aliphatic rings. The third kappa shape index (κ3) is 9.84. The summed E-state index contributed by atoms with van der Waals surface area (Å²) in [5.74, 6) is 0.809. The first-order chi connectivity index (χ1) is 5.95. The van der Waals surface area contributed by atoms with E-state index in [1.54, 1.807) is 0 Å². The zero-order valence-corrected chi connectivity index (χ0v) is 9.97. The average molecular weight is 188 g/mol. The van der Waals surface area contributed by atoms with Gasteiger partial charge in [0.25, 0.3) is 0 Å². The summed E-state index contributed by atoms with van der Waals surface area (Å²) < 4.78 is 6.56. The number of quaternary nitrogens is 1. The quantitative estimate of drug-likeness (QED) is 0.439. The molecule has 0 rings (SSSR count). The molecule has 0 spiro atoms. The summed E-state index contributed by atoms with van der Waals surface area (Å²) in [4.78, 5) is 0. The smallest absolute Gasteiger partial charge is 0.102 e. The average Bonchev–Trinajstić information content (AvgIpc) is 2.01. The van der Waals surface area contributed by atoms with E-state index in [4.69, 9.17) is 4.74 Å². The summed E-state index contributed by atoms with van der Waals surface area (Å²) in [6, 6.07) is 0. The number of likely N-dealkylation sites (N-methyl/N-ethyl adjacent to an activating group) is 1. The van der Waals surface area contributed by atoms with Gasteiger partial charge in [0.15, 0.2) is 0 Å². The van der Waals surface area contributed by atoms with Crippen LogP contribution in [0.1, 0.15) is 26.7 Å². The maximum absolute atomic E-state index is 5.57. The van der Waals surface area contributed by atoms with Crippen molar-refractivity contribution in [1.29, 1.82) is 0 Å². The van der Waals surface area contributed by atoms with Gasteiger partial charge >= 0.3 is 0 Å². The Bertz CT molecular complexity index is 118. The Kier molecular flexibility index (Phi) is 6.35. The molecule has 0 aromatic carbocycles. The van der Waals surface area contributed by atoms with E-state index in [1.165, 1.54) is 12.8 Å². The van der Waals surface area contributed by atoms with E-state index in [9.17, 15) is 0 Å². The SMILES string of the molecule is CCC(C)CCOCC[N+](C)(C)C. The minimum atomic E-state index is 0.809. The van der Waals surface area contributed by atoms with Gasteiger partial charge in [-0.1, -0.05) is 20.3 Å². The Labute approximate surface area is 83.5 Å². The number of ether oxygens (including phenoxy) is 1. The van der Waals surface area contributed by atoms with Crippen LogP contribution in [-0.4, -0.2) is 45.4 Å². The normalized spacial score (nSPS) is 14.5. The van der Waals surface area contributed by atoms with Crippen molar-refractivity contribution >= 4 is 0 Å². The van der Waals surface area contributed by atoms with Crippen LogP contribution in [0, 0.1) is 5.92 Å². The molecular weight excluding hydrogens is 162 g/mol. The Balaban J connectivity index is 3.18. The van der Waals surface area contributed by atoms with Crippen molar-refractivity contribution < 1.29 is 9.22 Å². The summed E-state index contributed by atoms with van der Waals surface area (Å²) >= 11 is 0. The summed E-state index contributed by atoms with van der Waals surface area (Å²) in [6.07, 6.45) is 2.46. The van der Waals surface area contributed by atoms with Gasteiger partial charge in [0.1, 0.15) is 6.54 Å². The zero-order chi connectivity index (χ0) is 10.3. The Hall–Kier alpha value is -0.0800. The van der Waals surface area contributed by atoms with Crippen molar-refractivity contribution in [3.63, 3.8) is 0 Å². The van der Waals surface area contributed by atoms with Gasteiger partial charge in [-0.05, 0) is 12.3 Å². The van der Waals surface area contributed by atoms with Crippen LogP contribution in [0.25, 0.3) is 0 Å². The molecular formula is C11H26NO+. The number of hydrogen-bond acceptors (Lipinski definition) is 1. The molecule has 0 saturated heterocycles. The van der Waals surface area contributed by atoms with Crippen LogP contribution in [-0.2, 0) is 4.74 Å². The van der Waals surface area contributed by atoms with E-state index in [2.05, 4.69) is 35.0 Å². The second-order valence-corrected chi connectivity index (χ2v) is 4.93. The highest BCUT2D eigenvalue weighted by Crippen LogP contribution is 2.05. The van der Waals surface area contributed by atoms with Crippen LogP contribution in [0.15, 0.2) is 0 Å². The van der Waals surface area contributed by atoms with Crippen molar-refractivity contribution in [3.8, 4) is 0 Å². The first kappa shape index (κ1) is 12.9. The van der Waals surface area contributed by atoms with E-state index in [-0.39, 0.29) is 0 Å². The topological polar surface area (TPSA) is 9.23 Å². The highest BCUT2D eigenvalue weighted by Gasteiger charge is 2.05. The van der Waals surface area contributed by atoms with Crippen LogP contribution in [0.3, 0.4) is 0 Å². The van der Waals surface area contributed by atoms with E-state index >= 15 is 0 Å². The molecule has 0 heterocycles. The fourth-order valence-corrected chi connectivity index (χ4v) is 0.929. The van der Waals surface area contributed by atoms with Crippen LogP contribution < -0.4 is 0 Å². The zero-order valence-electron chi connectivity index (χ0n) is 9.97. The van der Waals surface area contributed by atoms with Crippen molar-refractivity contribution in [3.05, 3.63) is 0 Å². The third-order valence-electron chi connectivity index (χ3n) is 2.36. The number of hydrogen-bond donors (Lipinski definition) is 0. The molecule has 0 saturated carbocycles. The number of nitrogens with zero attached hydrogens (tertiary/aromatic N) is 1. The molecule has 0 amide bonds. The molecule has 0 aliphatic carbocycles.